The molecule has 2 aliphatic heterocycles. The zero-order valence-electron chi connectivity index (χ0n) is 10.5. The van der Waals surface area contributed by atoms with Crippen molar-refractivity contribution in [3.63, 3.8) is 0 Å². The van der Waals surface area contributed by atoms with Crippen molar-refractivity contribution < 1.29 is 9.53 Å². The number of benzene rings is 1. The predicted molar refractivity (Wildman–Crippen MR) is 67.9 cm³/mol. The monoisotopic (exact) mass is 246 g/mol. The van der Waals surface area contributed by atoms with Crippen molar-refractivity contribution in [3.05, 3.63) is 35.9 Å². The minimum Gasteiger partial charge on any atom is -0.379 e. The number of nitrogens with zero attached hydrogens (tertiary/aromatic N) is 1. The van der Waals surface area contributed by atoms with Crippen molar-refractivity contribution in [2.24, 2.45) is 0 Å². The van der Waals surface area contributed by atoms with Crippen molar-refractivity contribution in [1.82, 2.24) is 10.2 Å². The quantitative estimate of drug-likeness (QED) is 0.855. The average Bonchev–Trinajstić information content (AvgIpc) is 3.00. The maximum absolute atomic E-state index is 12.3. The van der Waals surface area contributed by atoms with Crippen LogP contribution in [0.25, 0.3) is 0 Å². The Bertz CT molecular complexity index is 429. The summed E-state index contributed by atoms with van der Waals surface area (Å²) in [5, 5.41) is 3.37. The number of ether oxygens (including phenoxy) is 1. The zero-order chi connectivity index (χ0) is 12.5. The van der Waals surface area contributed by atoms with E-state index in [9.17, 15) is 4.79 Å². The van der Waals surface area contributed by atoms with Gasteiger partial charge in [-0.15, -0.1) is 0 Å². The number of amides is 1. The molecule has 0 saturated carbocycles. The predicted octanol–water partition coefficient (Wildman–Crippen LogP) is 1.29. The number of carbonyl (C=O) groups excluding carboxylic acids is 1. The van der Waals surface area contributed by atoms with Crippen molar-refractivity contribution in [3.8, 4) is 0 Å². The van der Waals surface area contributed by atoms with Crippen LogP contribution >= 0.6 is 0 Å². The summed E-state index contributed by atoms with van der Waals surface area (Å²) >= 11 is 0. The van der Waals surface area contributed by atoms with Gasteiger partial charge in [-0.3, -0.25) is 10.1 Å². The second kappa shape index (κ2) is 4.71. The Morgan fingerprint density at radius 2 is 2.11 bits per heavy atom. The molecule has 0 radical (unpaired) electrons. The lowest BCUT2D eigenvalue weighted by Gasteiger charge is -2.29. The molecule has 0 aliphatic carbocycles. The second-order valence-electron chi connectivity index (χ2n) is 4.96. The lowest BCUT2D eigenvalue weighted by Crippen LogP contribution is -2.40. The van der Waals surface area contributed by atoms with Crippen LogP contribution in [0.4, 0.5) is 0 Å². The Kier molecular flexibility index (Phi) is 3.06. The molecule has 2 fully saturated rings. The highest BCUT2D eigenvalue weighted by Gasteiger charge is 2.42. The molecular formula is C14H18N2O2. The summed E-state index contributed by atoms with van der Waals surface area (Å²) in [4.78, 5) is 14.2. The lowest BCUT2D eigenvalue weighted by atomic mass is 10.1. The molecule has 2 aliphatic rings. The number of hydrogen-bond donors (Lipinski definition) is 1. The van der Waals surface area contributed by atoms with E-state index in [1.165, 1.54) is 0 Å². The van der Waals surface area contributed by atoms with Crippen LogP contribution in [0, 0.1) is 0 Å². The molecule has 0 spiro atoms. The van der Waals surface area contributed by atoms with Crippen LogP contribution in [0.3, 0.4) is 0 Å². The molecule has 96 valence electrons. The Morgan fingerprint density at radius 3 is 2.78 bits per heavy atom. The van der Waals surface area contributed by atoms with Crippen molar-refractivity contribution >= 4 is 5.91 Å². The van der Waals surface area contributed by atoms with Gasteiger partial charge >= 0.3 is 0 Å². The molecule has 3 rings (SSSR count). The first-order chi connectivity index (χ1) is 8.77. The molecule has 1 aromatic carbocycles. The van der Waals surface area contributed by atoms with Crippen LogP contribution in [0.15, 0.2) is 30.3 Å². The SMILES string of the molecule is CC1NC(c2ccccc2)N(C2CCOC2)C1=O. The molecule has 2 saturated heterocycles. The van der Waals surface area contributed by atoms with Gasteiger partial charge < -0.3 is 9.64 Å². The fraction of sp³-hybridized carbons (Fsp3) is 0.500. The van der Waals surface area contributed by atoms with E-state index < -0.39 is 0 Å². The molecule has 0 aromatic heterocycles. The van der Waals surface area contributed by atoms with Gasteiger partial charge in [0.2, 0.25) is 5.91 Å². The maximum Gasteiger partial charge on any atom is 0.241 e. The minimum atomic E-state index is -0.115. The van der Waals surface area contributed by atoms with E-state index in [2.05, 4.69) is 17.4 Å². The highest BCUT2D eigenvalue weighted by Crippen LogP contribution is 2.30. The topological polar surface area (TPSA) is 41.6 Å². The Labute approximate surface area is 107 Å². The van der Waals surface area contributed by atoms with Gasteiger partial charge in [-0.05, 0) is 18.9 Å². The summed E-state index contributed by atoms with van der Waals surface area (Å²) in [5.74, 6) is 0.180. The van der Waals surface area contributed by atoms with Crippen LogP contribution in [0.1, 0.15) is 25.1 Å². The third-order valence-corrected chi connectivity index (χ3v) is 3.73. The van der Waals surface area contributed by atoms with Gasteiger partial charge in [-0.2, -0.15) is 0 Å². The summed E-state index contributed by atoms with van der Waals surface area (Å²) in [6.45, 7) is 3.34. The first kappa shape index (κ1) is 11.7. The molecule has 3 unspecified atom stereocenters. The Morgan fingerprint density at radius 1 is 1.33 bits per heavy atom. The minimum absolute atomic E-state index is 0.0135. The van der Waals surface area contributed by atoms with Gasteiger partial charge in [0.25, 0.3) is 0 Å². The smallest absolute Gasteiger partial charge is 0.241 e. The van der Waals surface area contributed by atoms with Crippen LogP contribution in [0.5, 0.6) is 0 Å². The maximum atomic E-state index is 12.3. The van der Waals surface area contributed by atoms with Gasteiger partial charge in [0, 0.05) is 6.61 Å². The number of rotatable bonds is 2. The molecule has 3 atom stereocenters. The summed E-state index contributed by atoms with van der Waals surface area (Å²) in [7, 11) is 0. The third-order valence-electron chi connectivity index (χ3n) is 3.73. The van der Waals surface area contributed by atoms with E-state index in [1.807, 2.05) is 30.0 Å². The summed E-state index contributed by atoms with van der Waals surface area (Å²) in [6.07, 6.45) is 0.920. The van der Waals surface area contributed by atoms with Gasteiger partial charge in [-0.25, -0.2) is 0 Å². The Balaban J connectivity index is 1.89. The van der Waals surface area contributed by atoms with E-state index in [0.717, 1.165) is 18.6 Å². The molecule has 4 heteroatoms. The van der Waals surface area contributed by atoms with E-state index in [0.29, 0.717) is 6.61 Å². The molecule has 18 heavy (non-hydrogen) atoms. The molecule has 1 amide bonds. The zero-order valence-corrected chi connectivity index (χ0v) is 10.5. The number of hydrogen-bond acceptors (Lipinski definition) is 3. The first-order valence-corrected chi connectivity index (χ1v) is 6.48. The van der Waals surface area contributed by atoms with Crippen LogP contribution in [-0.2, 0) is 9.53 Å². The summed E-state index contributed by atoms with van der Waals surface area (Å²) < 4.78 is 5.42. The summed E-state index contributed by atoms with van der Waals surface area (Å²) in [5.41, 5.74) is 1.14. The van der Waals surface area contributed by atoms with Crippen molar-refractivity contribution in [2.45, 2.75) is 31.6 Å². The van der Waals surface area contributed by atoms with Gasteiger partial charge in [0.1, 0.15) is 6.17 Å². The largest absolute Gasteiger partial charge is 0.379 e. The molecular weight excluding hydrogens is 228 g/mol. The molecule has 0 bridgehead atoms. The van der Waals surface area contributed by atoms with E-state index >= 15 is 0 Å². The molecule has 4 nitrogen and oxygen atoms in total. The van der Waals surface area contributed by atoms with Crippen LogP contribution < -0.4 is 5.32 Å². The fourth-order valence-electron chi connectivity index (χ4n) is 2.76. The molecule has 2 heterocycles. The third kappa shape index (κ3) is 1.91. The number of carbonyl (C=O) groups is 1. The highest BCUT2D eigenvalue weighted by atomic mass is 16.5. The number of nitrogens with one attached hydrogen (secondary N) is 1. The normalized spacial score (nSPS) is 32.2. The Hall–Kier alpha value is -1.39. The molecule has 1 aromatic rings. The first-order valence-electron chi connectivity index (χ1n) is 6.48. The fourth-order valence-corrected chi connectivity index (χ4v) is 2.76. The van der Waals surface area contributed by atoms with Crippen LogP contribution in [-0.4, -0.2) is 36.1 Å². The average molecular weight is 246 g/mol. The standard InChI is InChI=1S/C14H18N2O2/c1-10-14(17)16(12-7-8-18-9-12)13(15-10)11-5-3-2-4-6-11/h2-6,10,12-13,15H,7-9H2,1H3. The van der Waals surface area contributed by atoms with Crippen molar-refractivity contribution in [1.29, 1.82) is 0 Å². The van der Waals surface area contributed by atoms with E-state index in [4.69, 9.17) is 4.74 Å². The van der Waals surface area contributed by atoms with Crippen molar-refractivity contribution in [2.75, 3.05) is 13.2 Å². The van der Waals surface area contributed by atoms with E-state index in [1.54, 1.807) is 0 Å². The van der Waals surface area contributed by atoms with Crippen LogP contribution in [0.2, 0.25) is 0 Å². The second-order valence-corrected chi connectivity index (χ2v) is 4.96. The van der Waals surface area contributed by atoms with Gasteiger partial charge in [0.05, 0.1) is 18.7 Å². The van der Waals surface area contributed by atoms with Gasteiger partial charge in [-0.1, -0.05) is 30.3 Å². The van der Waals surface area contributed by atoms with Gasteiger partial charge in [0.15, 0.2) is 0 Å². The highest BCUT2D eigenvalue weighted by molar-refractivity contribution is 5.84. The molecule has 1 N–H and O–H groups in total. The van der Waals surface area contributed by atoms with E-state index in [-0.39, 0.29) is 24.2 Å². The lowest BCUT2D eigenvalue weighted by molar-refractivity contribution is -0.132. The summed E-state index contributed by atoms with van der Waals surface area (Å²) in [6, 6.07) is 10.2.